The Hall–Kier alpha value is 3.83. The zero-order valence-electron chi connectivity index (χ0n) is 20.9. The summed E-state index contributed by atoms with van der Waals surface area (Å²) in [6.45, 7) is 17.1. The average Bonchev–Trinajstić information content (AvgIpc) is 2.43. The van der Waals surface area contributed by atoms with Gasteiger partial charge in [-0.1, -0.05) is 67.7 Å². The summed E-state index contributed by atoms with van der Waals surface area (Å²) in [4.78, 5) is 33.3. The van der Waals surface area contributed by atoms with Crippen molar-refractivity contribution < 1.29 is 189 Å². The van der Waals surface area contributed by atoms with Crippen LogP contribution < -0.4 is 175 Å². The molecule has 0 unspecified atom stereocenters. The van der Waals surface area contributed by atoms with Crippen molar-refractivity contribution in [3.8, 4) is 0 Å². The molecule has 0 atom stereocenters. The SMILES string of the molecule is CC(C)CC[N-]C(=O)CC(=O)[N-]C(C)C.CC(C)C[N-]C(=O)CC(C)C.[Rb+].[Rb+].[Rb+]. The fourth-order valence-corrected chi connectivity index (χ4v) is 1.66. The molecule has 0 rings (SSSR count). The smallest absolute Gasteiger partial charge is 0.653 e. The van der Waals surface area contributed by atoms with Crippen LogP contribution in [0.3, 0.4) is 0 Å². The van der Waals surface area contributed by atoms with Crippen molar-refractivity contribution in [3.05, 3.63) is 16.0 Å². The first-order valence-electron chi connectivity index (χ1n) is 9.58. The summed E-state index contributed by atoms with van der Waals surface area (Å²) >= 11 is 0. The van der Waals surface area contributed by atoms with E-state index in [0.29, 0.717) is 37.3 Å². The number of hydrogen-bond acceptors (Lipinski definition) is 3. The molecule has 0 aromatic carbocycles. The van der Waals surface area contributed by atoms with Gasteiger partial charge in [-0.15, -0.1) is 19.1 Å². The van der Waals surface area contributed by atoms with E-state index in [-0.39, 0.29) is 205 Å². The fourth-order valence-electron chi connectivity index (χ4n) is 1.66. The van der Waals surface area contributed by atoms with Gasteiger partial charge in [0.15, 0.2) is 0 Å². The summed E-state index contributed by atoms with van der Waals surface area (Å²) in [6, 6.07) is -0.0547. The van der Waals surface area contributed by atoms with E-state index in [4.69, 9.17) is 0 Å². The second-order valence-electron chi connectivity index (χ2n) is 7.98. The van der Waals surface area contributed by atoms with Gasteiger partial charge >= 0.3 is 175 Å². The normalized spacial score (nSPS) is 9.52. The van der Waals surface area contributed by atoms with Crippen molar-refractivity contribution in [3.63, 3.8) is 0 Å². The molecular weight excluding hydrogens is 587 g/mol. The van der Waals surface area contributed by atoms with E-state index < -0.39 is 0 Å². The second-order valence-corrected chi connectivity index (χ2v) is 7.98. The van der Waals surface area contributed by atoms with Crippen molar-refractivity contribution in [1.29, 1.82) is 0 Å². The van der Waals surface area contributed by atoms with Gasteiger partial charge in [-0.3, -0.25) is 0 Å². The van der Waals surface area contributed by atoms with Crippen LogP contribution in [0.15, 0.2) is 0 Å². The molecule has 3 amide bonds. The van der Waals surface area contributed by atoms with Crippen molar-refractivity contribution in [1.82, 2.24) is 0 Å². The zero-order valence-corrected chi connectivity index (χ0v) is 35.7. The predicted molar refractivity (Wildman–Crippen MR) is 108 cm³/mol. The minimum atomic E-state index is -0.372. The summed E-state index contributed by atoms with van der Waals surface area (Å²) in [5.41, 5.74) is 0. The Morgan fingerprint density at radius 3 is 1.55 bits per heavy atom. The molecule has 0 radical (unpaired) electrons. The Balaban J connectivity index is -0.000000124. The summed E-state index contributed by atoms with van der Waals surface area (Å²) in [6.07, 6.45) is 1.28. The Morgan fingerprint density at radius 2 is 1.17 bits per heavy atom. The van der Waals surface area contributed by atoms with Crippen LogP contribution in [0.1, 0.15) is 74.7 Å². The van der Waals surface area contributed by atoms with E-state index in [1.807, 2.05) is 13.8 Å². The first kappa shape index (κ1) is 42.9. The van der Waals surface area contributed by atoms with E-state index in [2.05, 4.69) is 43.6 Å². The van der Waals surface area contributed by atoms with Crippen molar-refractivity contribution >= 4 is 17.7 Å². The van der Waals surface area contributed by atoms with Crippen LogP contribution in [0.25, 0.3) is 16.0 Å². The Labute approximate surface area is 326 Å². The van der Waals surface area contributed by atoms with E-state index in [1.54, 1.807) is 13.8 Å². The Kier molecular flexibility index (Phi) is 41.6. The molecule has 0 spiro atoms. The second kappa shape index (κ2) is 28.1. The summed E-state index contributed by atoms with van der Waals surface area (Å²) in [5, 5.41) is 11.5. The molecule has 0 saturated carbocycles. The van der Waals surface area contributed by atoms with E-state index >= 15 is 0 Å². The van der Waals surface area contributed by atoms with Gasteiger partial charge in [-0.25, -0.2) is 0 Å². The summed E-state index contributed by atoms with van der Waals surface area (Å²) < 4.78 is 0. The molecule has 0 bridgehead atoms. The fraction of sp³-hybridized carbons (Fsp3) is 0.850. The molecule has 0 aliphatic rings. The molecule has 9 heteroatoms. The quantitative estimate of drug-likeness (QED) is 0.234. The first-order valence-corrected chi connectivity index (χ1v) is 9.58. The molecule has 0 fully saturated rings. The Bertz CT molecular complexity index is 419. The van der Waals surface area contributed by atoms with Gasteiger partial charge in [0.25, 0.3) is 0 Å². The van der Waals surface area contributed by atoms with Crippen LogP contribution in [0, 0.1) is 17.8 Å². The molecule has 0 aliphatic carbocycles. The first-order chi connectivity index (χ1) is 11.9. The summed E-state index contributed by atoms with van der Waals surface area (Å²) in [7, 11) is 0. The maximum absolute atomic E-state index is 11.2. The molecule has 6 nitrogen and oxygen atoms in total. The van der Waals surface area contributed by atoms with Crippen molar-refractivity contribution in [2.24, 2.45) is 17.8 Å². The van der Waals surface area contributed by atoms with Gasteiger partial charge in [0.1, 0.15) is 0 Å². The van der Waals surface area contributed by atoms with Crippen LogP contribution in [0.4, 0.5) is 0 Å². The maximum atomic E-state index is 11.2. The molecule has 0 aromatic rings. The zero-order chi connectivity index (χ0) is 20.7. The number of hydrogen-bond donors (Lipinski definition) is 0. The minimum absolute atomic E-state index is 0. The van der Waals surface area contributed by atoms with Crippen LogP contribution in [0.5, 0.6) is 0 Å². The molecule has 0 aliphatic heterocycles. The standard InChI is InChI=1S/C11H22N2O2.C9H19NO.3Rb/c1-8(2)5-6-12-10(14)7-11(15)13-9(3)4;1-7(2)5-9(11)10-6-8(3)4;;;/h8-9H,5-7H2,1-4H3,(H2,12,13,14,15);7-8H,5-6H2,1-4H3,(H,10,11);;;/q;;3*+1/p-3. The number of nitrogens with zero attached hydrogens (tertiary/aromatic N) is 3. The molecule has 154 valence electrons. The maximum Gasteiger partial charge on any atom is 1.00 e. The number of rotatable bonds is 10. The third-order valence-corrected chi connectivity index (χ3v) is 2.91. The van der Waals surface area contributed by atoms with Crippen LogP contribution in [-0.2, 0) is 14.4 Å². The molecule has 0 aromatic heterocycles. The van der Waals surface area contributed by atoms with Crippen LogP contribution >= 0.6 is 0 Å². The molecule has 0 N–H and O–H groups in total. The van der Waals surface area contributed by atoms with E-state index in [9.17, 15) is 14.4 Å². The van der Waals surface area contributed by atoms with Crippen LogP contribution in [-0.4, -0.2) is 36.9 Å². The average molecular weight is 625 g/mol. The summed E-state index contributed by atoms with van der Waals surface area (Å²) in [5.74, 6) is 0.768. The Morgan fingerprint density at radius 1 is 0.655 bits per heavy atom. The molecule has 29 heavy (non-hydrogen) atoms. The molecular formula is C20H38N3O3Rb3. The minimum Gasteiger partial charge on any atom is -0.653 e. The van der Waals surface area contributed by atoms with Crippen molar-refractivity contribution in [2.75, 3.05) is 13.1 Å². The topological polar surface area (TPSA) is 93.5 Å². The van der Waals surface area contributed by atoms with Crippen molar-refractivity contribution in [2.45, 2.75) is 80.7 Å². The van der Waals surface area contributed by atoms with E-state index in [1.165, 1.54) is 0 Å². The third kappa shape index (κ3) is 39.3. The van der Waals surface area contributed by atoms with Gasteiger partial charge < -0.3 is 30.3 Å². The van der Waals surface area contributed by atoms with E-state index in [0.717, 1.165) is 6.42 Å². The number of carbonyl (C=O) groups is 3. The van der Waals surface area contributed by atoms with Gasteiger partial charge in [-0.2, -0.15) is 0 Å². The van der Waals surface area contributed by atoms with Gasteiger partial charge in [0.05, 0.1) is 17.7 Å². The van der Waals surface area contributed by atoms with Gasteiger partial charge in [0.2, 0.25) is 0 Å². The van der Waals surface area contributed by atoms with Gasteiger partial charge in [0, 0.05) is 6.42 Å². The number of carbonyl (C=O) groups excluding carboxylic acids is 3. The molecule has 0 saturated heterocycles. The number of amides is 3. The monoisotopic (exact) mass is 623 g/mol. The largest absolute Gasteiger partial charge is 1.00 e. The molecule has 0 heterocycles. The van der Waals surface area contributed by atoms with Crippen LogP contribution in [0.2, 0.25) is 0 Å². The third-order valence-electron chi connectivity index (χ3n) is 2.91. The predicted octanol–water partition coefficient (Wildman–Crippen LogP) is -3.77. The van der Waals surface area contributed by atoms with Gasteiger partial charge in [-0.05, 0) is 18.3 Å².